The maximum absolute atomic E-state index is 12.2. The van der Waals surface area contributed by atoms with Gasteiger partial charge in [0.1, 0.15) is 13.2 Å². The van der Waals surface area contributed by atoms with Crippen molar-refractivity contribution in [3.05, 3.63) is 142 Å². The molecule has 4 aromatic carbocycles. The molecule has 11 heteroatoms. The molecule has 2 heterocycles. The van der Waals surface area contributed by atoms with Crippen LogP contribution in [0.15, 0.2) is 97.1 Å². The summed E-state index contributed by atoms with van der Waals surface area (Å²) in [5.74, 6) is 0. The van der Waals surface area contributed by atoms with E-state index in [2.05, 4.69) is 0 Å². The summed E-state index contributed by atoms with van der Waals surface area (Å²) in [5, 5.41) is 9.15. The number of nitrogens with zero attached hydrogens (tertiary/aromatic N) is 2. The fraction of sp³-hybridized carbons (Fsp3) is 0.257. The van der Waals surface area contributed by atoms with E-state index in [0.29, 0.717) is 26.2 Å². The lowest BCUT2D eigenvalue weighted by Crippen LogP contribution is -2.25. The molecule has 0 aliphatic carbocycles. The van der Waals surface area contributed by atoms with Gasteiger partial charge in [-0.25, -0.2) is 9.59 Å². The van der Waals surface area contributed by atoms with Crippen molar-refractivity contribution in [2.45, 2.75) is 52.6 Å². The molecule has 0 saturated carbocycles. The summed E-state index contributed by atoms with van der Waals surface area (Å²) in [5.41, 5.74) is 7.74. The van der Waals surface area contributed by atoms with Crippen molar-refractivity contribution in [3.8, 4) is 0 Å². The third kappa shape index (κ3) is 9.16. The molecule has 10 nitrogen and oxygen atoms in total. The number of hydrogen-bond acceptors (Lipinski definition) is 8. The highest BCUT2D eigenvalue weighted by Gasteiger charge is 2.26. The molecule has 0 radical (unpaired) electrons. The largest absolute Gasteiger partial charge is 0.445 e. The Kier molecular flexibility index (Phi) is 10.7. The molecule has 2 aliphatic rings. The molecule has 0 aromatic heterocycles. The van der Waals surface area contributed by atoms with E-state index in [1.54, 1.807) is 9.80 Å². The second-order valence-electron chi connectivity index (χ2n) is 11.1. The van der Waals surface area contributed by atoms with Crippen LogP contribution in [-0.2, 0) is 76.4 Å². The highest BCUT2D eigenvalue weighted by molar-refractivity contribution is 7.85. The molecule has 0 saturated heterocycles. The van der Waals surface area contributed by atoms with Crippen LogP contribution in [0.1, 0.15) is 44.5 Å². The van der Waals surface area contributed by atoms with Gasteiger partial charge in [-0.05, 0) is 44.5 Å². The number of benzene rings is 4. The highest BCUT2D eigenvalue weighted by atomic mass is 32.2. The lowest BCUT2D eigenvalue weighted by atomic mass is 10.1. The molecule has 0 unspecified atom stereocenters. The maximum Gasteiger partial charge on any atom is 0.410 e. The summed E-state index contributed by atoms with van der Waals surface area (Å²) in [4.78, 5) is 27.6. The Bertz CT molecular complexity index is 1760. The minimum Gasteiger partial charge on any atom is -0.445 e. The number of hydrogen-bond donors (Lipinski definition) is 1. The van der Waals surface area contributed by atoms with Crippen LogP contribution in [0.25, 0.3) is 0 Å². The van der Waals surface area contributed by atoms with Crippen molar-refractivity contribution in [1.29, 1.82) is 0 Å². The van der Waals surface area contributed by atoms with Crippen molar-refractivity contribution in [2.24, 2.45) is 0 Å². The lowest BCUT2D eigenvalue weighted by Gasteiger charge is -2.15. The number of ether oxygens (including phenoxy) is 2. The first-order valence-corrected chi connectivity index (χ1v) is 16.6. The van der Waals surface area contributed by atoms with Crippen LogP contribution in [0, 0.1) is 0 Å². The Morgan fingerprint density at radius 3 is 1.50 bits per heavy atom. The van der Waals surface area contributed by atoms with Crippen LogP contribution >= 0.6 is 0 Å². The molecular weight excluding hydrogens is 608 g/mol. The fourth-order valence-corrected chi connectivity index (χ4v) is 5.49. The van der Waals surface area contributed by atoms with Crippen LogP contribution < -0.4 is 0 Å². The van der Waals surface area contributed by atoms with E-state index < -0.39 is 10.1 Å². The van der Waals surface area contributed by atoms with E-state index in [9.17, 15) is 18.0 Å². The Balaban J connectivity index is 0.000000184. The zero-order valence-corrected chi connectivity index (χ0v) is 26.3. The summed E-state index contributed by atoms with van der Waals surface area (Å²) in [6, 6.07) is 30.5. The smallest absolute Gasteiger partial charge is 0.410 e. The van der Waals surface area contributed by atoms with Crippen molar-refractivity contribution >= 4 is 22.3 Å². The first-order valence-electron chi connectivity index (χ1n) is 14.7. The number of rotatable bonds is 8. The zero-order valence-electron chi connectivity index (χ0n) is 25.5. The summed E-state index contributed by atoms with van der Waals surface area (Å²) in [6.07, 6.45) is 0.347. The van der Waals surface area contributed by atoms with Gasteiger partial charge in [0, 0.05) is 26.2 Å². The predicted molar refractivity (Wildman–Crippen MR) is 170 cm³/mol. The molecule has 4 aromatic rings. The minimum atomic E-state index is -3.48. The van der Waals surface area contributed by atoms with Gasteiger partial charge in [-0.2, -0.15) is 8.42 Å². The van der Waals surface area contributed by atoms with Crippen LogP contribution in [0.5, 0.6) is 0 Å². The predicted octanol–water partition coefficient (Wildman–Crippen LogP) is 5.65. The zero-order chi connectivity index (χ0) is 32.5. The van der Waals surface area contributed by atoms with E-state index in [1.807, 2.05) is 97.1 Å². The molecule has 6 rings (SSSR count). The summed E-state index contributed by atoms with van der Waals surface area (Å²) >= 11 is 0. The molecule has 2 amide bonds. The second kappa shape index (κ2) is 15.0. The molecule has 46 heavy (non-hydrogen) atoms. The van der Waals surface area contributed by atoms with Crippen LogP contribution in [0.3, 0.4) is 0 Å². The first kappa shape index (κ1) is 32.7. The molecule has 240 valence electrons. The summed E-state index contributed by atoms with van der Waals surface area (Å²) in [7, 11) is -3.48. The average Bonchev–Trinajstić information content (AvgIpc) is 3.70. The van der Waals surface area contributed by atoms with Crippen molar-refractivity contribution in [3.63, 3.8) is 0 Å². The Hall–Kier alpha value is -4.71. The van der Waals surface area contributed by atoms with Gasteiger partial charge in [-0.3, -0.25) is 14.0 Å². The van der Waals surface area contributed by atoms with E-state index in [4.69, 9.17) is 18.8 Å². The molecule has 1 N–H and O–H groups in total. The molecule has 0 bridgehead atoms. The van der Waals surface area contributed by atoms with Gasteiger partial charge in [-0.15, -0.1) is 0 Å². The highest BCUT2D eigenvalue weighted by Crippen LogP contribution is 2.26. The molecule has 0 fully saturated rings. The minimum absolute atomic E-state index is 0.00936. The number of carbonyl (C=O) groups excluding carboxylic acids is 2. The number of aliphatic hydroxyl groups is 1. The van der Waals surface area contributed by atoms with Gasteiger partial charge in [0.15, 0.2) is 0 Å². The van der Waals surface area contributed by atoms with Gasteiger partial charge in [0.25, 0.3) is 10.1 Å². The quantitative estimate of drug-likeness (QED) is 0.245. The average molecular weight is 645 g/mol. The van der Waals surface area contributed by atoms with E-state index in [0.717, 1.165) is 50.8 Å². The first-order chi connectivity index (χ1) is 22.2. The van der Waals surface area contributed by atoms with Crippen molar-refractivity contribution in [2.75, 3.05) is 6.26 Å². The third-order valence-electron chi connectivity index (χ3n) is 7.54. The Labute approximate surface area is 268 Å². The van der Waals surface area contributed by atoms with Gasteiger partial charge >= 0.3 is 12.2 Å². The lowest BCUT2D eigenvalue weighted by molar-refractivity contribution is 0.0949. The normalized spacial score (nSPS) is 13.3. The molecule has 0 atom stereocenters. The van der Waals surface area contributed by atoms with Crippen molar-refractivity contribution < 1.29 is 36.8 Å². The molecular formula is C35H36N2O8S. The standard InChI is InChI=1S/C18H19NO5S.C17H17NO3/c1-25(21,22)24-13-15-7-8-16-10-19(11-17(16)9-15)18(20)23-12-14-5-3-2-4-6-14;19-11-14-6-7-15-9-18(10-16(15)8-14)17(20)21-12-13-4-2-1-3-5-13/h2-9H,10-13H2,1H3;1-8,19H,9-12H2. The molecule has 0 spiro atoms. The number of amides is 2. The van der Waals surface area contributed by atoms with Gasteiger partial charge in [0.2, 0.25) is 0 Å². The maximum atomic E-state index is 12.2. The second-order valence-corrected chi connectivity index (χ2v) is 12.8. The van der Waals surface area contributed by atoms with Crippen LogP contribution in [0.4, 0.5) is 9.59 Å². The van der Waals surface area contributed by atoms with Gasteiger partial charge in [0.05, 0.1) is 19.5 Å². The van der Waals surface area contributed by atoms with E-state index in [1.165, 1.54) is 0 Å². The SMILES string of the molecule is CS(=O)(=O)OCc1ccc2c(c1)CN(C(=O)OCc1ccccc1)C2.O=C(OCc1ccccc1)N1Cc2ccc(CO)cc2C1. The summed E-state index contributed by atoms with van der Waals surface area (Å²) < 4.78 is 37.6. The molecule has 2 aliphatic heterocycles. The Morgan fingerprint density at radius 1 is 0.609 bits per heavy atom. The number of fused-ring (bicyclic) bond motifs is 2. The topological polar surface area (TPSA) is 123 Å². The number of aliphatic hydroxyl groups excluding tert-OH is 1. The monoisotopic (exact) mass is 644 g/mol. The third-order valence-corrected chi connectivity index (χ3v) is 8.08. The van der Waals surface area contributed by atoms with E-state index >= 15 is 0 Å². The van der Waals surface area contributed by atoms with E-state index in [-0.39, 0.29) is 38.6 Å². The fourth-order valence-electron chi connectivity index (χ4n) is 5.14. The van der Waals surface area contributed by atoms with Gasteiger partial charge < -0.3 is 14.6 Å². The van der Waals surface area contributed by atoms with Crippen molar-refractivity contribution in [1.82, 2.24) is 9.80 Å². The summed E-state index contributed by atoms with van der Waals surface area (Å²) in [6.45, 7) is 2.56. The van der Waals surface area contributed by atoms with Crippen LogP contribution in [0.2, 0.25) is 0 Å². The number of carbonyl (C=O) groups is 2. The Morgan fingerprint density at radius 2 is 1.04 bits per heavy atom. The van der Waals surface area contributed by atoms with Crippen LogP contribution in [-0.4, -0.2) is 41.8 Å². The van der Waals surface area contributed by atoms with Gasteiger partial charge in [-0.1, -0.05) is 97.1 Å².